The minimum atomic E-state index is -0.257. The molecule has 0 fully saturated rings. The van der Waals surface area contributed by atoms with Crippen LogP contribution < -0.4 is 14.8 Å². The van der Waals surface area contributed by atoms with Gasteiger partial charge in [0.25, 0.3) is 0 Å². The molecule has 0 saturated heterocycles. The average Bonchev–Trinajstić information content (AvgIpc) is 3.03. The molecule has 5 aromatic rings. The quantitative estimate of drug-likeness (QED) is 0.223. The van der Waals surface area contributed by atoms with Crippen molar-refractivity contribution in [2.45, 2.75) is 19.8 Å². The van der Waals surface area contributed by atoms with Crippen LogP contribution in [0.5, 0.6) is 11.5 Å². The van der Waals surface area contributed by atoms with Crippen molar-refractivity contribution in [1.29, 1.82) is 0 Å². The highest BCUT2D eigenvalue weighted by molar-refractivity contribution is 5.86. The van der Waals surface area contributed by atoms with Crippen LogP contribution >= 0.6 is 0 Å². The highest BCUT2D eigenvalue weighted by Gasteiger charge is 2.11. The zero-order valence-corrected chi connectivity index (χ0v) is 24.5. The van der Waals surface area contributed by atoms with Gasteiger partial charge in [0, 0.05) is 24.7 Å². The first-order valence-electron chi connectivity index (χ1n) is 13.1. The summed E-state index contributed by atoms with van der Waals surface area (Å²) in [6.45, 7) is 6.13. The van der Waals surface area contributed by atoms with Gasteiger partial charge in [0.1, 0.15) is 19.4 Å². The standard InChI is InChI=1S/C19H19FN2O2.C14H14.2CH2O/c1-21-16-5-4-12(9-15(16)20)8-13-6-7-22-17-11-19(24-3)18(23-2)10-14(13)17;1-12-6-5-9-14(10-12)11-13-7-3-2-4-8-13;2*1-2/h4-7,9-11,21H,8H2,1-3H3;2-10H,11H2,1H3;2*1H2. The van der Waals surface area contributed by atoms with Crippen LogP contribution in [0.15, 0.2) is 97.2 Å². The van der Waals surface area contributed by atoms with Crippen molar-refractivity contribution >= 4 is 30.2 Å². The number of halogens is 1. The number of nitrogens with one attached hydrogen (secondary N) is 1. The SMILES string of the molecule is C=O.C=O.CNc1ccc(Cc2ccnc3cc(OC)c(OC)cc23)cc1F.Cc1cccc(Cc2ccccc2)c1. The van der Waals surface area contributed by atoms with E-state index in [4.69, 9.17) is 19.1 Å². The normalized spacial score (nSPS) is 9.64. The van der Waals surface area contributed by atoms with Crippen LogP contribution in [-0.4, -0.2) is 39.8 Å². The molecule has 1 N–H and O–H groups in total. The minimum absolute atomic E-state index is 0.257. The van der Waals surface area contributed by atoms with Gasteiger partial charge in [-0.1, -0.05) is 66.2 Å². The molecule has 7 heteroatoms. The Kier molecular flexibility index (Phi) is 13.9. The predicted molar refractivity (Wildman–Crippen MR) is 168 cm³/mol. The first-order chi connectivity index (χ1) is 20.5. The maximum absolute atomic E-state index is 14.0. The summed E-state index contributed by atoms with van der Waals surface area (Å²) in [7, 11) is 4.90. The highest BCUT2D eigenvalue weighted by atomic mass is 19.1. The van der Waals surface area contributed by atoms with E-state index in [2.05, 4.69) is 71.8 Å². The molecule has 0 bridgehead atoms. The number of nitrogens with zero attached hydrogens (tertiary/aromatic N) is 1. The molecule has 0 unspecified atom stereocenters. The van der Waals surface area contributed by atoms with Gasteiger partial charge in [-0.3, -0.25) is 4.98 Å². The fourth-order valence-corrected chi connectivity index (χ4v) is 4.43. The van der Waals surface area contributed by atoms with Gasteiger partial charge in [-0.05, 0) is 66.3 Å². The highest BCUT2D eigenvalue weighted by Crippen LogP contribution is 2.33. The summed E-state index contributed by atoms with van der Waals surface area (Å²) in [4.78, 5) is 20.4. The van der Waals surface area contributed by atoms with Crippen LogP contribution in [0, 0.1) is 12.7 Å². The molecule has 1 heterocycles. The first-order valence-corrected chi connectivity index (χ1v) is 13.1. The minimum Gasteiger partial charge on any atom is -0.493 e. The number of hydrogen-bond donors (Lipinski definition) is 1. The van der Waals surface area contributed by atoms with Crippen LogP contribution in [-0.2, 0) is 22.4 Å². The largest absolute Gasteiger partial charge is 0.493 e. The Bertz CT molecular complexity index is 1540. The smallest absolute Gasteiger partial charge is 0.162 e. The van der Waals surface area contributed by atoms with Crippen molar-refractivity contribution < 1.29 is 23.5 Å². The van der Waals surface area contributed by atoms with Crippen LogP contribution in [0.25, 0.3) is 10.9 Å². The van der Waals surface area contributed by atoms with Crippen molar-refractivity contribution in [2.24, 2.45) is 0 Å². The number of carbonyl (C=O) groups is 2. The second-order valence-electron chi connectivity index (χ2n) is 9.09. The lowest BCUT2D eigenvalue weighted by Gasteiger charge is -2.12. The molecule has 0 aliphatic carbocycles. The van der Waals surface area contributed by atoms with Gasteiger partial charge in [0.2, 0.25) is 0 Å². The van der Waals surface area contributed by atoms with E-state index in [1.807, 2.05) is 37.8 Å². The number of anilines is 1. The van der Waals surface area contributed by atoms with E-state index in [0.717, 1.165) is 28.5 Å². The molecule has 218 valence electrons. The number of methoxy groups -OCH3 is 2. The molecular formula is C35H37FN2O4. The molecule has 0 spiro atoms. The van der Waals surface area contributed by atoms with E-state index in [-0.39, 0.29) is 5.82 Å². The zero-order chi connectivity index (χ0) is 30.9. The Morgan fingerprint density at radius 1 is 0.738 bits per heavy atom. The monoisotopic (exact) mass is 568 g/mol. The lowest BCUT2D eigenvalue weighted by molar-refractivity contribution is -0.0987. The van der Waals surface area contributed by atoms with Gasteiger partial charge in [0.05, 0.1) is 25.4 Å². The van der Waals surface area contributed by atoms with Crippen LogP contribution in [0.2, 0.25) is 0 Å². The van der Waals surface area contributed by atoms with E-state index >= 15 is 0 Å². The summed E-state index contributed by atoms with van der Waals surface area (Å²) in [5, 5.41) is 3.79. The van der Waals surface area contributed by atoms with Gasteiger partial charge < -0.3 is 24.4 Å². The molecular weight excluding hydrogens is 531 g/mol. The molecule has 0 atom stereocenters. The van der Waals surface area contributed by atoms with Gasteiger partial charge in [0.15, 0.2) is 11.5 Å². The van der Waals surface area contributed by atoms with E-state index < -0.39 is 0 Å². The van der Waals surface area contributed by atoms with Crippen LogP contribution in [0.3, 0.4) is 0 Å². The van der Waals surface area contributed by atoms with Gasteiger partial charge >= 0.3 is 0 Å². The van der Waals surface area contributed by atoms with Crippen molar-refractivity contribution in [3.63, 3.8) is 0 Å². The summed E-state index contributed by atoms with van der Waals surface area (Å²) in [6, 6.07) is 30.2. The summed E-state index contributed by atoms with van der Waals surface area (Å²) >= 11 is 0. The third-order valence-electron chi connectivity index (χ3n) is 6.37. The lowest BCUT2D eigenvalue weighted by atomic mass is 10.0. The maximum Gasteiger partial charge on any atom is 0.162 e. The Balaban J connectivity index is 0.000000291. The molecule has 42 heavy (non-hydrogen) atoms. The topological polar surface area (TPSA) is 77.5 Å². The molecule has 1 aromatic heterocycles. The number of aryl methyl sites for hydroxylation is 1. The summed E-state index contributed by atoms with van der Waals surface area (Å²) < 4.78 is 24.7. The van der Waals surface area contributed by atoms with Crippen molar-refractivity contribution in [3.8, 4) is 11.5 Å². The van der Waals surface area contributed by atoms with Gasteiger partial charge in [-0.25, -0.2) is 4.39 Å². The molecule has 4 aromatic carbocycles. The second-order valence-corrected chi connectivity index (χ2v) is 9.09. The van der Waals surface area contributed by atoms with Gasteiger partial charge in [-0.15, -0.1) is 0 Å². The molecule has 0 amide bonds. The van der Waals surface area contributed by atoms with Crippen molar-refractivity contribution in [1.82, 2.24) is 4.98 Å². The van der Waals surface area contributed by atoms with Crippen molar-refractivity contribution in [2.75, 3.05) is 26.6 Å². The van der Waals surface area contributed by atoms with Crippen LogP contribution in [0.4, 0.5) is 10.1 Å². The predicted octanol–water partition coefficient (Wildman–Crippen LogP) is 7.24. The fourth-order valence-electron chi connectivity index (χ4n) is 4.43. The summed E-state index contributed by atoms with van der Waals surface area (Å²) in [5.41, 5.74) is 7.35. The number of carbonyl (C=O) groups excluding carboxylic acids is 2. The number of pyridine rings is 1. The fraction of sp³-hybridized carbons (Fsp3) is 0.171. The number of benzene rings is 4. The first kappa shape index (κ1) is 33.2. The zero-order valence-electron chi connectivity index (χ0n) is 24.5. The third kappa shape index (κ3) is 9.27. The van der Waals surface area contributed by atoms with E-state index in [1.165, 1.54) is 16.7 Å². The van der Waals surface area contributed by atoms with E-state index in [0.29, 0.717) is 23.6 Å². The summed E-state index contributed by atoms with van der Waals surface area (Å²) in [6.07, 6.45) is 3.39. The molecule has 0 saturated carbocycles. The van der Waals surface area contributed by atoms with Crippen LogP contribution in [0.1, 0.15) is 27.8 Å². The van der Waals surface area contributed by atoms with Crippen molar-refractivity contribution in [3.05, 3.63) is 131 Å². The Morgan fingerprint density at radius 3 is 2.00 bits per heavy atom. The Hall–Kier alpha value is -5.04. The molecule has 0 aliphatic rings. The number of fused-ring (bicyclic) bond motifs is 1. The third-order valence-corrected chi connectivity index (χ3v) is 6.37. The number of aromatic nitrogens is 1. The molecule has 0 radical (unpaired) electrons. The Morgan fingerprint density at radius 2 is 1.38 bits per heavy atom. The van der Waals surface area contributed by atoms with E-state index in [9.17, 15) is 4.39 Å². The van der Waals surface area contributed by atoms with Gasteiger partial charge in [-0.2, -0.15) is 0 Å². The lowest BCUT2D eigenvalue weighted by Crippen LogP contribution is -1.97. The number of hydrogen-bond acceptors (Lipinski definition) is 6. The summed E-state index contributed by atoms with van der Waals surface area (Å²) in [5.74, 6) is 1.03. The molecule has 5 rings (SSSR count). The average molecular weight is 569 g/mol. The number of rotatable bonds is 7. The Labute approximate surface area is 247 Å². The molecule has 0 aliphatic heterocycles. The second kappa shape index (κ2) is 17.6. The number of ether oxygens (including phenoxy) is 2. The molecule has 6 nitrogen and oxygen atoms in total. The van der Waals surface area contributed by atoms with E-state index in [1.54, 1.807) is 39.6 Å². The maximum atomic E-state index is 14.0.